The van der Waals surface area contributed by atoms with Crippen molar-refractivity contribution in [3.8, 4) is 0 Å². The average Bonchev–Trinajstić information content (AvgIpc) is 2.57. The van der Waals surface area contributed by atoms with Crippen molar-refractivity contribution in [3.05, 3.63) is 0 Å². The zero-order valence-corrected chi connectivity index (χ0v) is 8.42. The van der Waals surface area contributed by atoms with E-state index >= 15 is 0 Å². The van der Waals surface area contributed by atoms with Crippen LogP contribution in [0.5, 0.6) is 0 Å². The van der Waals surface area contributed by atoms with Crippen molar-refractivity contribution in [2.24, 2.45) is 0 Å². The minimum Gasteiger partial charge on any atom is -0.400 e. The standard InChI is InChI=1S/C4H8O2.CH4O.Y/c5-2-1-4-3-6-4;1-2;/h4-5H,1-3H2;2H,1H3;. The van der Waals surface area contributed by atoms with E-state index in [1.807, 2.05) is 0 Å². The fourth-order valence-corrected chi connectivity index (χ4v) is 0.379. The van der Waals surface area contributed by atoms with Gasteiger partial charge in [-0.25, -0.2) is 0 Å². The molecule has 53 valence electrons. The minimum absolute atomic E-state index is 0. The second-order valence-electron chi connectivity index (χ2n) is 1.47. The molecular formula is C5H12O3Y. The summed E-state index contributed by atoms with van der Waals surface area (Å²) in [6.45, 7) is 1.13. The van der Waals surface area contributed by atoms with Gasteiger partial charge in [-0.15, -0.1) is 0 Å². The summed E-state index contributed by atoms with van der Waals surface area (Å²) < 4.78 is 4.79. The molecule has 1 atom stereocenters. The van der Waals surface area contributed by atoms with Gasteiger partial charge in [0.2, 0.25) is 0 Å². The van der Waals surface area contributed by atoms with E-state index in [0.717, 1.165) is 20.1 Å². The molecule has 1 aliphatic rings. The summed E-state index contributed by atoms with van der Waals surface area (Å²) in [6.07, 6.45) is 1.22. The van der Waals surface area contributed by atoms with Crippen LogP contribution in [0, 0.1) is 0 Å². The van der Waals surface area contributed by atoms with Gasteiger partial charge in [0, 0.05) is 46.4 Å². The van der Waals surface area contributed by atoms with Gasteiger partial charge in [-0.05, 0) is 6.42 Å². The Morgan fingerprint density at radius 1 is 1.56 bits per heavy atom. The zero-order chi connectivity index (χ0) is 6.41. The molecule has 1 radical (unpaired) electrons. The van der Waals surface area contributed by atoms with Crippen LogP contribution in [0.2, 0.25) is 0 Å². The molecule has 2 N–H and O–H groups in total. The third kappa shape index (κ3) is 8.98. The van der Waals surface area contributed by atoms with E-state index in [-0.39, 0.29) is 39.3 Å². The maximum Gasteiger partial charge on any atom is 0.0831 e. The van der Waals surface area contributed by atoms with Gasteiger partial charge in [0.1, 0.15) is 0 Å². The molecule has 0 amide bonds. The predicted octanol–water partition coefficient (Wildman–Crippen LogP) is -0.626. The molecule has 1 fully saturated rings. The van der Waals surface area contributed by atoms with E-state index < -0.39 is 0 Å². The molecule has 0 spiro atoms. The van der Waals surface area contributed by atoms with Crippen molar-refractivity contribution in [1.82, 2.24) is 0 Å². The van der Waals surface area contributed by atoms with Gasteiger partial charge < -0.3 is 14.9 Å². The molecule has 3 nitrogen and oxygen atoms in total. The van der Waals surface area contributed by atoms with E-state index in [1.165, 1.54) is 0 Å². The molecular weight excluding hydrogens is 197 g/mol. The fraction of sp³-hybridized carbons (Fsp3) is 1.00. The molecule has 0 aromatic rings. The largest absolute Gasteiger partial charge is 0.400 e. The van der Waals surface area contributed by atoms with Crippen LogP contribution in [0.15, 0.2) is 0 Å². The molecule has 0 bridgehead atoms. The van der Waals surface area contributed by atoms with Crippen LogP contribution < -0.4 is 0 Å². The van der Waals surface area contributed by atoms with Crippen LogP contribution >= 0.6 is 0 Å². The third-order valence-corrected chi connectivity index (χ3v) is 0.853. The summed E-state index contributed by atoms with van der Waals surface area (Å²) in [6, 6.07) is 0. The van der Waals surface area contributed by atoms with E-state index in [9.17, 15) is 0 Å². The van der Waals surface area contributed by atoms with Crippen LogP contribution in [0.3, 0.4) is 0 Å². The van der Waals surface area contributed by atoms with E-state index in [2.05, 4.69) is 0 Å². The van der Waals surface area contributed by atoms with Crippen molar-refractivity contribution in [2.75, 3.05) is 20.3 Å². The first-order chi connectivity index (χ1) is 3.93. The molecule has 1 rings (SSSR count). The van der Waals surface area contributed by atoms with Crippen LogP contribution in [0.1, 0.15) is 6.42 Å². The van der Waals surface area contributed by atoms with E-state index in [0.29, 0.717) is 6.10 Å². The average molecular weight is 209 g/mol. The first-order valence-corrected chi connectivity index (χ1v) is 2.60. The number of hydrogen-bond acceptors (Lipinski definition) is 3. The molecule has 0 aliphatic carbocycles. The number of aliphatic hydroxyl groups is 2. The summed E-state index contributed by atoms with van der Waals surface area (Å²) >= 11 is 0. The normalized spacial score (nSPS) is 21.0. The number of aliphatic hydroxyl groups excluding tert-OH is 2. The first-order valence-electron chi connectivity index (χ1n) is 2.60. The van der Waals surface area contributed by atoms with Crippen molar-refractivity contribution < 1.29 is 47.7 Å². The Balaban J connectivity index is 0. The Bertz CT molecular complexity index is 47.5. The fourth-order valence-electron chi connectivity index (χ4n) is 0.379. The molecule has 0 saturated carbocycles. The van der Waals surface area contributed by atoms with Crippen LogP contribution in [-0.2, 0) is 37.4 Å². The molecule has 0 aromatic carbocycles. The quantitative estimate of drug-likeness (QED) is 0.595. The van der Waals surface area contributed by atoms with Gasteiger partial charge in [0.15, 0.2) is 0 Å². The van der Waals surface area contributed by atoms with E-state index in [4.69, 9.17) is 14.9 Å². The Hall–Kier alpha value is 0.984. The maximum absolute atomic E-state index is 8.20. The predicted molar refractivity (Wildman–Crippen MR) is 29.6 cm³/mol. The van der Waals surface area contributed by atoms with Gasteiger partial charge in [0.05, 0.1) is 12.7 Å². The van der Waals surface area contributed by atoms with Gasteiger partial charge in [-0.1, -0.05) is 0 Å². The van der Waals surface area contributed by atoms with Crippen molar-refractivity contribution in [1.29, 1.82) is 0 Å². The molecule has 9 heavy (non-hydrogen) atoms. The monoisotopic (exact) mass is 209 g/mol. The summed E-state index contributed by atoms with van der Waals surface area (Å²) in [4.78, 5) is 0. The van der Waals surface area contributed by atoms with Gasteiger partial charge in [-0.3, -0.25) is 0 Å². The molecule has 4 heteroatoms. The van der Waals surface area contributed by atoms with Crippen LogP contribution in [-0.4, -0.2) is 36.6 Å². The van der Waals surface area contributed by atoms with Gasteiger partial charge in [-0.2, -0.15) is 0 Å². The number of epoxide rings is 1. The smallest absolute Gasteiger partial charge is 0.0831 e. The van der Waals surface area contributed by atoms with E-state index in [1.54, 1.807) is 0 Å². The maximum atomic E-state index is 8.20. The summed E-state index contributed by atoms with van der Waals surface area (Å²) in [7, 11) is 1.00. The second-order valence-corrected chi connectivity index (χ2v) is 1.47. The zero-order valence-electron chi connectivity index (χ0n) is 5.58. The summed E-state index contributed by atoms with van der Waals surface area (Å²) in [5.41, 5.74) is 0. The summed E-state index contributed by atoms with van der Waals surface area (Å²) in [5.74, 6) is 0. The Kier molecular flexibility index (Phi) is 12.6. The Morgan fingerprint density at radius 3 is 2.11 bits per heavy atom. The van der Waals surface area contributed by atoms with Crippen LogP contribution in [0.25, 0.3) is 0 Å². The van der Waals surface area contributed by atoms with Crippen LogP contribution in [0.4, 0.5) is 0 Å². The first kappa shape index (κ1) is 12.6. The van der Waals surface area contributed by atoms with Crippen molar-refractivity contribution >= 4 is 0 Å². The number of rotatable bonds is 2. The molecule has 1 heterocycles. The topological polar surface area (TPSA) is 53.0 Å². The van der Waals surface area contributed by atoms with Crippen molar-refractivity contribution in [3.63, 3.8) is 0 Å². The Morgan fingerprint density at radius 2 is 2.00 bits per heavy atom. The number of hydrogen-bond donors (Lipinski definition) is 2. The Labute approximate surface area is 80.3 Å². The molecule has 1 aliphatic heterocycles. The molecule has 1 unspecified atom stereocenters. The SMILES string of the molecule is CO.OCCC1CO1.[Y]. The van der Waals surface area contributed by atoms with Crippen molar-refractivity contribution in [2.45, 2.75) is 12.5 Å². The van der Waals surface area contributed by atoms with Gasteiger partial charge >= 0.3 is 0 Å². The van der Waals surface area contributed by atoms with Gasteiger partial charge in [0.25, 0.3) is 0 Å². The minimum atomic E-state index is 0. The number of ether oxygens (including phenoxy) is 1. The molecule has 0 aromatic heterocycles. The molecule has 1 saturated heterocycles. The third-order valence-electron chi connectivity index (χ3n) is 0.853. The second kappa shape index (κ2) is 8.98. The summed E-state index contributed by atoms with van der Waals surface area (Å²) in [5, 5.41) is 15.2.